The molecule has 10 heteroatoms. The first-order valence-electron chi connectivity index (χ1n) is 18.2. The van der Waals surface area contributed by atoms with E-state index in [1.807, 2.05) is 60.7 Å². The van der Waals surface area contributed by atoms with Crippen molar-refractivity contribution in [2.75, 3.05) is 20.3 Å². The maximum absolute atomic E-state index is 15.4. The maximum atomic E-state index is 15.4. The van der Waals surface area contributed by atoms with Crippen molar-refractivity contribution >= 4 is 6.08 Å². The highest BCUT2D eigenvalue weighted by Crippen LogP contribution is 2.71. The van der Waals surface area contributed by atoms with Gasteiger partial charge in [0, 0.05) is 29.6 Å². The molecular weight excluding hydrogens is 667 g/mol. The largest absolute Gasteiger partial charge is 0.497 e. The third-order valence-corrected chi connectivity index (χ3v) is 13.1. The van der Waals surface area contributed by atoms with Gasteiger partial charge in [0.25, 0.3) is 0 Å². The van der Waals surface area contributed by atoms with E-state index in [0.29, 0.717) is 45.3 Å². The van der Waals surface area contributed by atoms with E-state index in [9.17, 15) is 23.4 Å². The predicted molar refractivity (Wildman–Crippen MR) is 183 cm³/mol. The molecular formula is C41H49F5O5. The second kappa shape index (κ2) is 12.4. The molecule has 1 saturated heterocycles. The molecule has 5 aliphatic rings. The lowest BCUT2D eigenvalue weighted by Crippen LogP contribution is -2.65. The van der Waals surface area contributed by atoms with Crippen LogP contribution in [0.2, 0.25) is 0 Å². The minimum atomic E-state index is -5.90. The second-order valence-corrected chi connectivity index (χ2v) is 16.8. The number of ether oxygens (including phenoxy) is 3. The molecule has 0 bridgehead atoms. The van der Waals surface area contributed by atoms with Gasteiger partial charge in [0.05, 0.1) is 25.9 Å². The van der Waals surface area contributed by atoms with Gasteiger partial charge in [0.1, 0.15) is 11.4 Å². The van der Waals surface area contributed by atoms with Crippen LogP contribution in [0, 0.1) is 22.7 Å². The number of halogens is 5. The van der Waals surface area contributed by atoms with Crippen molar-refractivity contribution in [2.45, 2.75) is 114 Å². The molecule has 1 spiro atoms. The molecule has 7 rings (SSSR count). The smallest absolute Gasteiger partial charge is 0.456 e. The summed E-state index contributed by atoms with van der Waals surface area (Å²) < 4.78 is 90.7. The van der Waals surface area contributed by atoms with Crippen LogP contribution in [-0.2, 0) is 15.9 Å². The normalized spacial score (nSPS) is 34.7. The third-order valence-electron chi connectivity index (χ3n) is 13.1. The SMILES string of the molecule is COc1ccc(CC=Cc2ccc([C@H]3C[C@@]4(C)[C@@H](CC[C@@]4(O)C(F)(F)C(F)(F)F)[C@@H]4CC[C@@]5(O)CC6(CCC5=C43)OCC(C)(C)CO6)cc2)cc1. The van der Waals surface area contributed by atoms with Crippen LogP contribution in [0.4, 0.5) is 22.0 Å². The van der Waals surface area contributed by atoms with Gasteiger partial charge in [0.15, 0.2) is 5.79 Å². The Bertz CT molecular complexity index is 1670. The minimum Gasteiger partial charge on any atom is -0.497 e. The van der Waals surface area contributed by atoms with Gasteiger partial charge in [-0.1, -0.05) is 74.9 Å². The van der Waals surface area contributed by atoms with Crippen LogP contribution in [0.5, 0.6) is 5.75 Å². The average molecular weight is 717 g/mol. The Morgan fingerprint density at radius 3 is 2.18 bits per heavy atom. The first-order valence-corrected chi connectivity index (χ1v) is 18.2. The zero-order chi connectivity index (χ0) is 36.7. The maximum Gasteiger partial charge on any atom is 0.456 e. The fourth-order valence-electron chi connectivity index (χ4n) is 10.2. The van der Waals surface area contributed by atoms with E-state index in [0.717, 1.165) is 33.6 Å². The highest BCUT2D eigenvalue weighted by molar-refractivity contribution is 5.52. The summed E-state index contributed by atoms with van der Waals surface area (Å²) in [7, 11) is 1.62. The third kappa shape index (κ3) is 5.96. The molecule has 4 aliphatic carbocycles. The summed E-state index contributed by atoms with van der Waals surface area (Å²) in [5, 5.41) is 24.0. The topological polar surface area (TPSA) is 68.2 Å². The molecule has 4 fully saturated rings. The number of allylic oxidation sites excluding steroid dienone is 2. The molecule has 278 valence electrons. The van der Waals surface area contributed by atoms with E-state index in [1.54, 1.807) is 7.11 Å². The first-order chi connectivity index (χ1) is 23.9. The lowest BCUT2D eigenvalue weighted by atomic mass is 9.49. The van der Waals surface area contributed by atoms with Crippen LogP contribution in [0.3, 0.4) is 0 Å². The van der Waals surface area contributed by atoms with Crippen molar-refractivity contribution in [3.63, 3.8) is 0 Å². The molecule has 2 N–H and O–H groups in total. The summed E-state index contributed by atoms with van der Waals surface area (Å²) >= 11 is 0. The number of aliphatic hydroxyl groups is 2. The molecule has 0 amide bonds. The molecule has 3 saturated carbocycles. The summed E-state index contributed by atoms with van der Waals surface area (Å²) in [6, 6.07) is 15.5. The van der Waals surface area contributed by atoms with Gasteiger partial charge >= 0.3 is 12.1 Å². The minimum absolute atomic E-state index is 0.0500. The van der Waals surface area contributed by atoms with Gasteiger partial charge in [-0.05, 0) is 91.2 Å². The van der Waals surface area contributed by atoms with Gasteiger partial charge in [-0.15, -0.1) is 0 Å². The lowest BCUT2D eigenvalue weighted by Gasteiger charge is -2.59. The number of fused-ring (bicyclic) bond motifs is 4. The molecule has 51 heavy (non-hydrogen) atoms. The summed E-state index contributed by atoms with van der Waals surface area (Å²) in [5.41, 5.74) is -1.82. The molecule has 0 unspecified atom stereocenters. The summed E-state index contributed by atoms with van der Waals surface area (Å²) in [4.78, 5) is 0. The van der Waals surface area contributed by atoms with Crippen LogP contribution in [0.1, 0.15) is 94.7 Å². The van der Waals surface area contributed by atoms with Gasteiger partial charge in [0.2, 0.25) is 0 Å². The number of methoxy groups -OCH3 is 1. The van der Waals surface area contributed by atoms with E-state index in [4.69, 9.17) is 14.2 Å². The van der Waals surface area contributed by atoms with Crippen LogP contribution in [0.15, 0.2) is 65.8 Å². The van der Waals surface area contributed by atoms with Crippen molar-refractivity contribution in [3.05, 3.63) is 82.4 Å². The number of benzene rings is 2. The molecule has 1 aliphatic heterocycles. The van der Waals surface area contributed by atoms with Crippen LogP contribution >= 0.6 is 0 Å². The number of hydrogen-bond acceptors (Lipinski definition) is 5. The standard InChI is InChI=1S/C41H49F5O5/c1-35(2)24-50-38(51-25-35)20-17-33-34-30(16-19-37(33,47)23-38)32-18-21-39(48,40(42,43)41(44,45)46)36(32,3)22-31(34)28-12-8-26(9-13-28)6-5-7-27-10-14-29(49-4)15-11-27/h5-6,8-15,30-32,47-48H,7,16-25H2,1-4H3/t30-,31+,32-,36-,37+,39-/m0/s1. The molecule has 1 heterocycles. The van der Waals surface area contributed by atoms with Crippen LogP contribution in [-0.4, -0.2) is 59.6 Å². The predicted octanol–water partition coefficient (Wildman–Crippen LogP) is 9.17. The molecule has 2 aromatic rings. The molecule has 2 aromatic carbocycles. The van der Waals surface area contributed by atoms with Crippen molar-refractivity contribution < 1.29 is 46.4 Å². The number of alkyl halides is 5. The quantitative estimate of drug-likeness (QED) is 0.231. The highest BCUT2D eigenvalue weighted by Gasteiger charge is 2.79. The van der Waals surface area contributed by atoms with Crippen LogP contribution in [0.25, 0.3) is 6.08 Å². The van der Waals surface area contributed by atoms with Crippen molar-refractivity contribution in [1.82, 2.24) is 0 Å². The second-order valence-electron chi connectivity index (χ2n) is 16.8. The van der Waals surface area contributed by atoms with Gasteiger partial charge in [-0.3, -0.25) is 0 Å². The summed E-state index contributed by atoms with van der Waals surface area (Å²) in [6.45, 7) is 6.55. The van der Waals surface area contributed by atoms with Crippen molar-refractivity contribution in [3.8, 4) is 5.75 Å². The van der Waals surface area contributed by atoms with Crippen LogP contribution < -0.4 is 4.74 Å². The fourth-order valence-corrected chi connectivity index (χ4v) is 10.2. The first kappa shape index (κ1) is 36.6. The number of rotatable bonds is 6. The van der Waals surface area contributed by atoms with E-state index in [2.05, 4.69) is 13.8 Å². The Balaban J connectivity index is 1.25. The highest BCUT2D eigenvalue weighted by atomic mass is 19.4. The van der Waals surface area contributed by atoms with Gasteiger partial charge in [-0.25, -0.2) is 0 Å². The van der Waals surface area contributed by atoms with E-state index in [1.165, 1.54) is 6.92 Å². The van der Waals surface area contributed by atoms with Gasteiger partial charge < -0.3 is 24.4 Å². The van der Waals surface area contributed by atoms with Gasteiger partial charge in [-0.2, -0.15) is 22.0 Å². The zero-order valence-electron chi connectivity index (χ0n) is 29.8. The molecule has 0 radical (unpaired) electrons. The Hall–Kier alpha value is -2.79. The van der Waals surface area contributed by atoms with Crippen molar-refractivity contribution in [1.29, 1.82) is 0 Å². The Morgan fingerprint density at radius 1 is 0.882 bits per heavy atom. The number of hydrogen-bond donors (Lipinski definition) is 2. The van der Waals surface area contributed by atoms with Crippen molar-refractivity contribution in [2.24, 2.45) is 22.7 Å². The monoisotopic (exact) mass is 716 g/mol. The molecule has 5 nitrogen and oxygen atoms in total. The summed E-state index contributed by atoms with van der Waals surface area (Å²) in [6.07, 6.45) is 0.0951. The van der Waals surface area contributed by atoms with E-state index in [-0.39, 0.29) is 30.6 Å². The van der Waals surface area contributed by atoms with E-state index >= 15 is 8.78 Å². The Labute approximate surface area is 296 Å². The molecule has 0 aromatic heterocycles. The Kier molecular flexibility index (Phi) is 8.88. The molecule has 6 atom stereocenters. The fraction of sp³-hybridized carbons (Fsp3) is 0.610. The Morgan fingerprint density at radius 2 is 1.55 bits per heavy atom. The lowest BCUT2D eigenvalue weighted by molar-refractivity contribution is -0.362. The zero-order valence-corrected chi connectivity index (χ0v) is 29.8. The summed E-state index contributed by atoms with van der Waals surface area (Å²) in [5.74, 6) is -6.95. The van der Waals surface area contributed by atoms with E-state index < -0.39 is 52.8 Å². The average Bonchev–Trinajstić information content (AvgIpc) is 3.36.